The van der Waals surface area contributed by atoms with Gasteiger partial charge in [-0.25, -0.2) is 4.98 Å². The molecule has 1 aromatic carbocycles. The van der Waals surface area contributed by atoms with Gasteiger partial charge in [0, 0.05) is 12.7 Å². The first-order valence-electron chi connectivity index (χ1n) is 8.28. The number of aryl methyl sites for hydroxylation is 1. The highest BCUT2D eigenvalue weighted by atomic mass is 16.5. The molecule has 122 valence electrons. The van der Waals surface area contributed by atoms with Crippen LogP contribution in [0.3, 0.4) is 0 Å². The SMILES string of the molecule is Cc1noc(-c2cccnc2NCC2(Cc3ccccc3)CC2)n1. The Morgan fingerprint density at radius 2 is 1.96 bits per heavy atom. The Hall–Kier alpha value is -2.69. The van der Waals surface area contributed by atoms with Crippen molar-refractivity contribution < 1.29 is 4.52 Å². The third kappa shape index (κ3) is 3.15. The molecule has 1 saturated carbocycles. The largest absolute Gasteiger partial charge is 0.369 e. The Morgan fingerprint density at radius 3 is 2.67 bits per heavy atom. The number of nitrogens with one attached hydrogen (secondary N) is 1. The molecule has 0 spiro atoms. The van der Waals surface area contributed by atoms with E-state index in [9.17, 15) is 0 Å². The minimum atomic E-state index is 0.334. The van der Waals surface area contributed by atoms with Crippen LogP contribution in [0.5, 0.6) is 0 Å². The van der Waals surface area contributed by atoms with Crippen LogP contribution in [-0.2, 0) is 6.42 Å². The molecule has 1 aliphatic carbocycles. The van der Waals surface area contributed by atoms with Gasteiger partial charge in [-0.05, 0) is 49.3 Å². The predicted molar refractivity (Wildman–Crippen MR) is 92.6 cm³/mol. The van der Waals surface area contributed by atoms with E-state index in [2.05, 4.69) is 50.8 Å². The monoisotopic (exact) mass is 320 g/mol. The summed E-state index contributed by atoms with van der Waals surface area (Å²) in [4.78, 5) is 8.77. The van der Waals surface area contributed by atoms with Gasteiger partial charge in [0.25, 0.3) is 5.89 Å². The molecule has 3 aromatic rings. The lowest BCUT2D eigenvalue weighted by Gasteiger charge is -2.17. The Bertz CT molecular complexity index is 824. The molecule has 0 amide bonds. The van der Waals surface area contributed by atoms with Crippen LogP contribution in [0.2, 0.25) is 0 Å². The number of rotatable bonds is 6. The van der Waals surface area contributed by atoms with E-state index < -0.39 is 0 Å². The van der Waals surface area contributed by atoms with E-state index >= 15 is 0 Å². The van der Waals surface area contributed by atoms with Crippen molar-refractivity contribution in [1.82, 2.24) is 15.1 Å². The van der Waals surface area contributed by atoms with Gasteiger partial charge in [-0.3, -0.25) is 0 Å². The average Bonchev–Trinajstić information content (AvgIpc) is 3.24. The first-order valence-corrected chi connectivity index (χ1v) is 8.28. The zero-order valence-corrected chi connectivity index (χ0v) is 13.7. The minimum Gasteiger partial charge on any atom is -0.369 e. The summed E-state index contributed by atoms with van der Waals surface area (Å²) in [5.74, 6) is 1.94. The molecule has 0 atom stereocenters. The van der Waals surface area contributed by atoms with E-state index in [-0.39, 0.29) is 0 Å². The zero-order chi connectivity index (χ0) is 16.4. The van der Waals surface area contributed by atoms with Crippen LogP contribution in [0.15, 0.2) is 53.2 Å². The Labute approximate surface area is 141 Å². The molecular formula is C19H20N4O. The van der Waals surface area contributed by atoms with Crippen molar-refractivity contribution in [3.63, 3.8) is 0 Å². The topological polar surface area (TPSA) is 63.8 Å². The molecule has 0 bridgehead atoms. The summed E-state index contributed by atoms with van der Waals surface area (Å²) >= 11 is 0. The molecule has 2 aromatic heterocycles. The second-order valence-corrected chi connectivity index (χ2v) is 6.56. The summed E-state index contributed by atoms with van der Waals surface area (Å²) in [5, 5.41) is 7.37. The molecular weight excluding hydrogens is 300 g/mol. The van der Waals surface area contributed by atoms with Crippen LogP contribution >= 0.6 is 0 Å². The van der Waals surface area contributed by atoms with Gasteiger partial charge >= 0.3 is 0 Å². The highest BCUT2D eigenvalue weighted by Gasteiger charge is 2.42. The molecule has 0 aliphatic heterocycles. The molecule has 24 heavy (non-hydrogen) atoms. The van der Waals surface area contributed by atoms with Crippen LogP contribution in [-0.4, -0.2) is 21.7 Å². The first-order chi connectivity index (χ1) is 11.7. The van der Waals surface area contributed by atoms with E-state index in [1.165, 1.54) is 18.4 Å². The van der Waals surface area contributed by atoms with Crippen molar-refractivity contribution in [3.8, 4) is 11.5 Å². The lowest BCUT2D eigenvalue weighted by Crippen LogP contribution is -2.19. The number of anilines is 1. The van der Waals surface area contributed by atoms with Crippen molar-refractivity contribution in [3.05, 3.63) is 60.0 Å². The van der Waals surface area contributed by atoms with E-state index in [1.54, 1.807) is 6.20 Å². The molecule has 5 nitrogen and oxygen atoms in total. The number of benzene rings is 1. The number of hydrogen-bond acceptors (Lipinski definition) is 5. The van der Waals surface area contributed by atoms with Crippen molar-refractivity contribution >= 4 is 5.82 Å². The third-order valence-corrected chi connectivity index (χ3v) is 4.58. The normalized spacial score (nSPS) is 15.2. The van der Waals surface area contributed by atoms with Crippen LogP contribution in [0.4, 0.5) is 5.82 Å². The van der Waals surface area contributed by atoms with Crippen molar-refractivity contribution in [2.24, 2.45) is 5.41 Å². The molecule has 0 unspecified atom stereocenters. The highest BCUT2D eigenvalue weighted by molar-refractivity contribution is 5.68. The quantitative estimate of drug-likeness (QED) is 0.747. The molecule has 1 fully saturated rings. The van der Waals surface area contributed by atoms with Gasteiger partial charge in [-0.15, -0.1) is 0 Å². The molecule has 0 saturated heterocycles. The van der Waals surface area contributed by atoms with Crippen molar-refractivity contribution in [2.75, 3.05) is 11.9 Å². The first kappa shape index (κ1) is 14.9. The second kappa shape index (κ2) is 6.07. The fraction of sp³-hybridized carbons (Fsp3) is 0.316. The van der Waals surface area contributed by atoms with Crippen LogP contribution < -0.4 is 5.32 Å². The average molecular weight is 320 g/mol. The van der Waals surface area contributed by atoms with E-state index in [0.717, 1.165) is 24.3 Å². The van der Waals surface area contributed by atoms with Gasteiger partial charge in [0.1, 0.15) is 5.82 Å². The van der Waals surface area contributed by atoms with Crippen LogP contribution in [0, 0.1) is 12.3 Å². The second-order valence-electron chi connectivity index (χ2n) is 6.56. The Morgan fingerprint density at radius 1 is 1.12 bits per heavy atom. The lowest BCUT2D eigenvalue weighted by molar-refractivity contribution is 0.425. The maximum absolute atomic E-state index is 5.29. The smallest absolute Gasteiger partial charge is 0.261 e. The molecule has 1 N–H and O–H groups in total. The van der Waals surface area contributed by atoms with Crippen molar-refractivity contribution in [1.29, 1.82) is 0 Å². The van der Waals surface area contributed by atoms with Gasteiger partial charge in [0.2, 0.25) is 0 Å². The molecule has 5 heteroatoms. The van der Waals surface area contributed by atoms with E-state index in [1.807, 2.05) is 19.1 Å². The fourth-order valence-corrected chi connectivity index (χ4v) is 3.02. The highest BCUT2D eigenvalue weighted by Crippen LogP contribution is 2.48. The zero-order valence-electron chi connectivity index (χ0n) is 13.7. The molecule has 4 rings (SSSR count). The Kier molecular flexibility index (Phi) is 3.76. The Balaban J connectivity index is 1.48. The van der Waals surface area contributed by atoms with Crippen LogP contribution in [0.25, 0.3) is 11.5 Å². The number of pyridine rings is 1. The summed E-state index contributed by atoms with van der Waals surface area (Å²) in [6, 6.07) is 14.5. The fourth-order valence-electron chi connectivity index (χ4n) is 3.02. The third-order valence-electron chi connectivity index (χ3n) is 4.58. The summed E-state index contributed by atoms with van der Waals surface area (Å²) in [5.41, 5.74) is 2.58. The summed E-state index contributed by atoms with van der Waals surface area (Å²) < 4.78 is 5.29. The summed E-state index contributed by atoms with van der Waals surface area (Å²) in [7, 11) is 0. The lowest BCUT2D eigenvalue weighted by atomic mass is 9.96. The summed E-state index contributed by atoms with van der Waals surface area (Å²) in [6.07, 6.45) is 5.38. The maximum Gasteiger partial charge on any atom is 0.261 e. The predicted octanol–water partition coefficient (Wildman–Crippen LogP) is 3.87. The van der Waals surface area contributed by atoms with Gasteiger partial charge in [0.15, 0.2) is 5.82 Å². The van der Waals surface area contributed by atoms with Gasteiger partial charge in [-0.1, -0.05) is 35.5 Å². The van der Waals surface area contributed by atoms with Crippen molar-refractivity contribution in [2.45, 2.75) is 26.2 Å². The van der Waals surface area contributed by atoms with Gasteiger partial charge < -0.3 is 9.84 Å². The molecule has 0 radical (unpaired) electrons. The van der Waals surface area contributed by atoms with E-state index in [4.69, 9.17) is 4.52 Å². The summed E-state index contributed by atoms with van der Waals surface area (Å²) in [6.45, 7) is 2.72. The number of aromatic nitrogens is 3. The minimum absolute atomic E-state index is 0.334. The van der Waals surface area contributed by atoms with E-state index in [0.29, 0.717) is 17.1 Å². The van der Waals surface area contributed by atoms with Gasteiger partial charge in [0.05, 0.1) is 5.56 Å². The molecule has 1 aliphatic rings. The van der Waals surface area contributed by atoms with Gasteiger partial charge in [-0.2, -0.15) is 4.98 Å². The number of hydrogen-bond donors (Lipinski definition) is 1. The van der Waals surface area contributed by atoms with Crippen LogP contribution in [0.1, 0.15) is 24.2 Å². The number of nitrogens with zero attached hydrogens (tertiary/aromatic N) is 3. The maximum atomic E-state index is 5.29. The molecule has 2 heterocycles. The standard InChI is InChI=1S/C19H20N4O/c1-14-22-18(24-23-14)16-8-5-11-20-17(16)21-13-19(9-10-19)12-15-6-3-2-4-7-15/h2-8,11H,9-10,12-13H2,1H3,(H,20,21).